The summed E-state index contributed by atoms with van der Waals surface area (Å²) in [6.07, 6.45) is 3.58. The predicted molar refractivity (Wildman–Crippen MR) is 110 cm³/mol. The fourth-order valence-electron chi connectivity index (χ4n) is 5.16. The minimum atomic E-state index is -2.74. The van der Waals surface area contributed by atoms with Crippen molar-refractivity contribution in [1.29, 1.82) is 0 Å². The number of fused-ring (bicyclic) bond motifs is 1. The van der Waals surface area contributed by atoms with E-state index in [0.29, 0.717) is 38.2 Å². The lowest BCUT2D eigenvalue weighted by molar-refractivity contribution is -0.137. The van der Waals surface area contributed by atoms with Crippen LogP contribution in [0.2, 0.25) is 0 Å². The Labute approximate surface area is 177 Å². The molecule has 6 heteroatoms. The number of aliphatic carboxylic acids is 1. The van der Waals surface area contributed by atoms with E-state index in [1.165, 1.54) is 0 Å². The zero-order chi connectivity index (χ0) is 21.6. The van der Waals surface area contributed by atoms with Crippen LogP contribution in [0.3, 0.4) is 0 Å². The number of alkyl halides is 2. The molecule has 1 heterocycles. The van der Waals surface area contributed by atoms with E-state index in [1.54, 1.807) is 0 Å². The van der Waals surface area contributed by atoms with Crippen molar-refractivity contribution < 1.29 is 28.5 Å². The van der Waals surface area contributed by atoms with Crippen molar-refractivity contribution in [3.8, 4) is 0 Å². The Bertz CT molecular complexity index is 666. The summed E-state index contributed by atoms with van der Waals surface area (Å²) in [6, 6.07) is 9.35. The molecule has 0 aromatic heterocycles. The highest BCUT2D eigenvalue weighted by molar-refractivity contribution is 5.66. The molecule has 1 saturated heterocycles. The van der Waals surface area contributed by atoms with Gasteiger partial charge in [0, 0.05) is 32.3 Å². The number of benzene rings is 1. The van der Waals surface area contributed by atoms with Crippen molar-refractivity contribution in [3.05, 3.63) is 35.9 Å². The monoisotopic (exact) mass is 424 g/mol. The highest BCUT2D eigenvalue weighted by Crippen LogP contribution is 2.44. The van der Waals surface area contributed by atoms with Gasteiger partial charge in [0.05, 0.1) is 12.2 Å². The number of carboxylic acid groups (broad SMARTS) is 1. The van der Waals surface area contributed by atoms with Crippen molar-refractivity contribution >= 4 is 5.97 Å². The number of aliphatic hydroxyl groups excluding tert-OH is 1. The number of halogens is 2. The molecule has 2 aliphatic rings. The Morgan fingerprint density at radius 2 is 1.90 bits per heavy atom. The number of hydrogen-bond acceptors (Lipinski definition) is 3. The molecule has 5 atom stereocenters. The molecule has 0 unspecified atom stereocenters. The zero-order valence-electron chi connectivity index (χ0n) is 17.5. The van der Waals surface area contributed by atoms with Gasteiger partial charge in [-0.15, -0.1) is 0 Å². The molecular formula is C24H34F2O4. The Morgan fingerprint density at radius 3 is 2.63 bits per heavy atom. The second-order valence-corrected chi connectivity index (χ2v) is 9.11. The van der Waals surface area contributed by atoms with Gasteiger partial charge in [0.2, 0.25) is 5.92 Å². The van der Waals surface area contributed by atoms with E-state index in [-0.39, 0.29) is 37.2 Å². The van der Waals surface area contributed by atoms with Crippen molar-refractivity contribution in [2.24, 2.45) is 17.8 Å². The molecule has 0 radical (unpaired) electrons. The van der Waals surface area contributed by atoms with Gasteiger partial charge in [0.1, 0.15) is 0 Å². The topological polar surface area (TPSA) is 66.8 Å². The normalized spacial score (nSPS) is 29.4. The van der Waals surface area contributed by atoms with E-state index in [2.05, 4.69) is 0 Å². The largest absolute Gasteiger partial charge is 0.481 e. The van der Waals surface area contributed by atoms with Crippen LogP contribution in [0.4, 0.5) is 8.78 Å². The molecule has 0 spiro atoms. The summed E-state index contributed by atoms with van der Waals surface area (Å²) in [4.78, 5) is 10.7. The molecule has 1 aliphatic heterocycles. The summed E-state index contributed by atoms with van der Waals surface area (Å²) in [5.74, 6) is -3.22. The number of aliphatic hydroxyl groups is 1. The standard InChI is InChI=1S/C24H34F2O4/c25-24(26,13-11-17-5-2-1-3-6-17)14-12-19-20-10-9-18(7-4-8-23(28)29)16-30-22(20)15-21(19)27/h1-3,5-6,18-22,27H,4,7-16H2,(H,28,29)/t18-,19+,20+,21+,22-/m0/s1. The molecule has 3 rings (SSSR count). The van der Waals surface area contributed by atoms with Gasteiger partial charge in [0.25, 0.3) is 0 Å². The third-order valence-electron chi connectivity index (χ3n) is 6.92. The van der Waals surface area contributed by atoms with Gasteiger partial charge in [-0.2, -0.15) is 0 Å². The smallest absolute Gasteiger partial charge is 0.303 e. The number of hydrogen-bond donors (Lipinski definition) is 2. The first-order valence-corrected chi connectivity index (χ1v) is 11.3. The van der Waals surface area contributed by atoms with E-state index >= 15 is 0 Å². The van der Waals surface area contributed by atoms with Crippen molar-refractivity contribution in [1.82, 2.24) is 0 Å². The van der Waals surface area contributed by atoms with E-state index in [0.717, 1.165) is 24.8 Å². The van der Waals surface area contributed by atoms with Crippen LogP contribution in [-0.4, -0.2) is 40.9 Å². The lowest BCUT2D eigenvalue weighted by atomic mass is 9.83. The summed E-state index contributed by atoms with van der Waals surface area (Å²) >= 11 is 0. The Hall–Kier alpha value is -1.53. The number of carboxylic acids is 1. The molecule has 0 bridgehead atoms. The summed E-state index contributed by atoms with van der Waals surface area (Å²) in [5.41, 5.74) is 0.921. The molecule has 1 saturated carbocycles. The third-order valence-corrected chi connectivity index (χ3v) is 6.92. The van der Waals surface area contributed by atoms with Crippen molar-refractivity contribution in [2.75, 3.05) is 6.61 Å². The summed E-state index contributed by atoms with van der Waals surface area (Å²) in [7, 11) is 0. The number of carbonyl (C=O) groups is 1. The van der Waals surface area contributed by atoms with Crippen LogP contribution in [0.5, 0.6) is 0 Å². The molecule has 0 amide bonds. The van der Waals surface area contributed by atoms with Crippen LogP contribution < -0.4 is 0 Å². The van der Waals surface area contributed by atoms with E-state index in [1.807, 2.05) is 30.3 Å². The zero-order valence-corrected chi connectivity index (χ0v) is 17.5. The van der Waals surface area contributed by atoms with Crippen LogP contribution in [-0.2, 0) is 16.0 Å². The second-order valence-electron chi connectivity index (χ2n) is 9.11. The molecule has 1 aromatic rings. The lowest BCUT2D eigenvalue weighted by Gasteiger charge is -2.26. The van der Waals surface area contributed by atoms with Crippen LogP contribution in [0.25, 0.3) is 0 Å². The van der Waals surface area contributed by atoms with Crippen LogP contribution >= 0.6 is 0 Å². The maximum atomic E-state index is 14.5. The van der Waals surface area contributed by atoms with Gasteiger partial charge < -0.3 is 14.9 Å². The van der Waals surface area contributed by atoms with E-state index in [9.17, 15) is 18.7 Å². The predicted octanol–water partition coefficient (Wildman–Crippen LogP) is 5.08. The molecule has 2 N–H and O–H groups in total. The van der Waals surface area contributed by atoms with Gasteiger partial charge in [0.15, 0.2) is 0 Å². The van der Waals surface area contributed by atoms with Gasteiger partial charge in [-0.05, 0) is 61.8 Å². The molecule has 1 aliphatic carbocycles. The maximum Gasteiger partial charge on any atom is 0.303 e. The van der Waals surface area contributed by atoms with E-state index < -0.39 is 18.0 Å². The maximum absolute atomic E-state index is 14.5. The fourth-order valence-corrected chi connectivity index (χ4v) is 5.16. The lowest BCUT2D eigenvalue weighted by Crippen LogP contribution is -2.26. The Kier molecular flexibility index (Phi) is 8.23. The minimum Gasteiger partial charge on any atom is -0.481 e. The number of ether oxygens (including phenoxy) is 1. The summed E-state index contributed by atoms with van der Waals surface area (Å²) < 4.78 is 35.0. The fraction of sp³-hybridized carbons (Fsp3) is 0.708. The third kappa shape index (κ3) is 6.74. The molecule has 2 fully saturated rings. The molecule has 168 valence electrons. The quantitative estimate of drug-likeness (QED) is 0.550. The number of rotatable bonds is 10. The van der Waals surface area contributed by atoms with Crippen molar-refractivity contribution in [3.63, 3.8) is 0 Å². The average Bonchev–Trinajstić information content (AvgIpc) is 2.88. The van der Waals surface area contributed by atoms with Gasteiger partial charge in [-0.3, -0.25) is 4.79 Å². The Morgan fingerprint density at radius 1 is 1.13 bits per heavy atom. The highest BCUT2D eigenvalue weighted by atomic mass is 19.3. The number of aryl methyl sites for hydroxylation is 1. The summed E-state index contributed by atoms with van der Waals surface area (Å²) in [6.45, 7) is 0.577. The minimum absolute atomic E-state index is 0.0626. The van der Waals surface area contributed by atoms with Crippen molar-refractivity contribution in [2.45, 2.75) is 82.3 Å². The highest BCUT2D eigenvalue weighted by Gasteiger charge is 2.45. The molecular weight excluding hydrogens is 390 g/mol. The van der Waals surface area contributed by atoms with Gasteiger partial charge >= 0.3 is 5.97 Å². The first-order chi connectivity index (χ1) is 14.3. The first-order valence-electron chi connectivity index (χ1n) is 11.3. The van der Waals surface area contributed by atoms with Gasteiger partial charge in [-0.25, -0.2) is 8.78 Å². The SMILES string of the molecule is O=C(O)CCC[C@H]1CC[C@@H]2[C@@H](CCC(F)(F)CCc3ccccc3)[C@H](O)C[C@@H]2OC1. The second kappa shape index (κ2) is 10.7. The average molecular weight is 425 g/mol. The molecule has 1 aromatic carbocycles. The van der Waals surface area contributed by atoms with Gasteiger partial charge in [-0.1, -0.05) is 30.3 Å². The van der Waals surface area contributed by atoms with Crippen LogP contribution in [0, 0.1) is 17.8 Å². The molecule has 4 nitrogen and oxygen atoms in total. The van der Waals surface area contributed by atoms with Crippen LogP contribution in [0.15, 0.2) is 30.3 Å². The van der Waals surface area contributed by atoms with E-state index in [4.69, 9.17) is 9.84 Å². The summed E-state index contributed by atoms with van der Waals surface area (Å²) in [5, 5.41) is 19.3. The first kappa shape index (κ1) is 23.1. The Balaban J connectivity index is 1.47. The van der Waals surface area contributed by atoms with Crippen LogP contribution in [0.1, 0.15) is 63.4 Å². The molecule has 30 heavy (non-hydrogen) atoms.